The van der Waals surface area contributed by atoms with Crippen molar-refractivity contribution in [3.05, 3.63) is 28.8 Å². The molecule has 0 saturated heterocycles. The molecule has 0 aliphatic rings. The molecule has 0 aliphatic carbocycles. The summed E-state index contributed by atoms with van der Waals surface area (Å²) < 4.78 is 0. The SMILES string of the molecule is CNCC(=O)Nc1ccc(Cl)c(C(=O)O)c1. The van der Waals surface area contributed by atoms with Crippen molar-refractivity contribution in [2.45, 2.75) is 0 Å². The lowest BCUT2D eigenvalue weighted by molar-refractivity contribution is -0.115. The molecule has 1 rings (SSSR count). The van der Waals surface area contributed by atoms with Crippen LogP contribution in [0.25, 0.3) is 0 Å². The largest absolute Gasteiger partial charge is 0.478 e. The first-order chi connectivity index (χ1) is 7.54. The van der Waals surface area contributed by atoms with Crippen molar-refractivity contribution in [2.24, 2.45) is 0 Å². The van der Waals surface area contributed by atoms with Crippen LogP contribution in [-0.2, 0) is 4.79 Å². The fourth-order valence-electron chi connectivity index (χ4n) is 1.13. The topological polar surface area (TPSA) is 78.4 Å². The van der Waals surface area contributed by atoms with E-state index >= 15 is 0 Å². The lowest BCUT2D eigenvalue weighted by Crippen LogP contribution is -2.25. The van der Waals surface area contributed by atoms with Gasteiger partial charge in [-0.05, 0) is 25.2 Å². The standard InChI is InChI=1S/C10H11ClN2O3/c1-12-5-9(14)13-6-2-3-8(11)7(4-6)10(15)16/h2-4,12H,5H2,1H3,(H,13,14)(H,15,16). The molecule has 1 aromatic rings. The number of hydrogen-bond acceptors (Lipinski definition) is 3. The van der Waals surface area contributed by atoms with Gasteiger partial charge in [-0.1, -0.05) is 11.6 Å². The fourth-order valence-corrected chi connectivity index (χ4v) is 1.33. The average molecular weight is 243 g/mol. The van der Waals surface area contributed by atoms with E-state index in [0.717, 1.165) is 0 Å². The number of amides is 1. The molecule has 5 nitrogen and oxygen atoms in total. The van der Waals surface area contributed by atoms with Gasteiger partial charge in [-0.2, -0.15) is 0 Å². The Kier molecular flexibility index (Phi) is 4.28. The Morgan fingerprint density at radius 3 is 2.69 bits per heavy atom. The molecule has 0 unspecified atom stereocenters. The summed E-state index contributed by atoms with van der Waals surface area (Å²) >= 11 is 5.68. The number of aromatic carboxylic acids is 1. The monoisotopic (exact) mass is 242 g/mol. The third kappa shape index (κ3) is 3.22. The molecule has 0 heterocycles. The van der Waals surface area contributed by atoms with E-state index in [2.05, 4.69) is 10.6 Å². The van der Waals surface area contributed by atoms with E-state index in [-0.39, 0.29) is 23.0 Å². The van der Waals surface area contributed by atoms with E-state index in [9.17, 15) is 9.59 Å². The normalized spacial score (nSPS) is 9.88. The number of carboxylic acids is 1. The van der Waals surface area contributed by atoms with E-state index in [1.807, 2.05) is 0 Å². The Morgan fingerprint density at radius 2 is 2.12 bits per heavy atom. The van der Waals surface area contributed by atoms with Crippen LogP contribution in [0.2, 0.25) is 5.02 Å². The van der Waals surface area contributed by atoms with Crippen molar-refractivity contribution >= 4 is 29.2 Å². The smallest absolute Gasteiger partial charge is 0.337 e. The van der Waals surface area contributed by atoms with Crippen molar-refractivity contribution in [2.75, 3.05) is 18.9 Å². The van der Waals surface area contributed by atoms with E-state index in [1.165, 1.54) is 12.1 Å². The molecule has 0 bridgehead atoms. The quantitative estimate of drug-likeness (QED) is 0.741. The highest BCUT2D eigenvalue weighted by atomic mass is 35.5. The molecule has 6 heteroatoms. The lowest BCUT2D eigenvalue weighted by atomic mass is 10.2. The average Bonchev–Trinajstić information content (AvgIpc) is 2.21. The van der Waals surface area contributed by atoms with Crippen LogP contribution in [0.3, 0.4) is 0 Å². The molecule has 1 aromatic carbocycles. The van der Waals surface area contributed by atoms with Gasteiger partial charge in [-0.3, -0.25) is 4.79 Å². The molecule has 0 aliphatic heterocycles. The number of rotatable bonds is 4. The minimum absolute atomic E-state index is 0.0380. The summed E-state index contributed by atoms with van der Waals surface area (Å²) in [7, 11) is 1.64. The van der Waals surface area contributed by atoms with Crippen LogP contribution in [0.4, 0.5) is 5.69 Å². The molecule has 1 amide bonds. The molecular formula is C10H11ClN2O3. The summed E-state index contributed by atoms with van der Waals surface area (Å²) in [4.78, 5) is 22.0. The summed E-state index contributed by atoms with van der Waals surface area (Å²) in [5, 5.41) is 14.2. The van der Waals surface area contributed by atoms with Crippen molar-refractivity contribution in [1.29, 1.82) is 0 Å². The van der Waals surface area contributed by atoms with Crippen molar-refractivity contribution in [3.8, 4) is 0 Å². The first kappa shape index (κ1) is 12.5. The number of carboxylic acid groups (broad SMARTS) is 1. The fraction of sp³-hybridized carbons (Fsp3) is 0.200. The second kappa shape index (κ2) is 5.48. The maximum absolute atomic E-state index is 11.2. The van der Waals surface area contributed by atoms with Gasteiger partial charge in [0.2, 0.25) is 5.91 Å². The Morgan fingerprint density at radius 1 is 1.44 bits per heavy atom. The van der Waals surface area contributed by atoms with Gasteiger partial charge < -0.3 is 15.7 Å². The number of carbonyl (C=O) groups is 2. The lowest BCUT2D eigenvalue weighted by Gasteiger charge is -2.06. The Bertz CT molecular complexity index is 421. The number of carbonyl (C=O) groups excluding carboxylic acids is 1. The number of nitrogens with one attached hydrogen (secondary N) is 2. The maximum Gasteiger partial charge on any atom is 0.337 e. The van der Waals surface area contributed by atoms with E-state index in [4.69, 9.17) is 16.7 Å². The van der Waals surface area contributed by atoms with E-state index < -0.39 is 5.97 Å². The van der Waals surface area contributed by atoms with Crippen LogP contribution >= 0.6 is 11.6 Å². The number of benzene rings is 1. The molecule has 3 N–H and O–H groups in total. The summed E-state index contributed by atoms with van der Waals surface area (Å²) in [6.07, 6.45) is 0. The first-order valence-corrected chi connectivity index (χ1v) is 4.89. The van der Waals surface area contributed by atoms with Gasteiger partial charge in [0.1, 0.15) is 0 Å². The highest BCUT2D eigenvalue weighted by molar-refractivity contribution is 6.33. The molecule has 0 aromatic heterocycles. The highest BCUT2D eigenvalue weighted by Crippen LogP contribution is 2.20. The van der Waals surface area contributed by atoms with Crippen molar-refractivity contribution in [1.82, 2.24) is 5.32 Å². The maximum atomic E-state index is 11.2. The summed E-state index contributed by atoms with van der Waals surface area (Å²) in [6.45, 7) is 0.158. The van der Waals surface area contributed by atoms with Crippen LogP contribution in [0.15, 0.2) is 18.2 Å². The van der Waals surface area contributed by atoms with Gasteiger partial charge in [0.25, 0.3) is 0 Å². The summed E-state index contributed by atoms with van der Waals surface area (Å²) in [5.74, 6) is -1.38. The van der Waals surface area contributed by atoms with Crippen LogP contribution in [-0.4, -0.2) is 30.6 Å². The number of likely N-dealkylation sites (N-methyl/N-ethyl adjacent to an activating group) is 1. The van der Waals surface area contributed by atoms with Gasteiger partial charge in [0.15, 0.2) is 0 Å². The van der Waals surface area contributed by atoms with Gasteiger partial charge in [-0.25, -0.2) is 4.79 Å². The molecule has 0 spiro atoms. The first-order valence-electron chi connectivity index (χ1n) is 4.52. The van der Waals surface area contributed by atoms with Crippen molar-refractivity contribution in [3.63, 3.8) is 0 Å². The minimum Gasteiger partial charge on any atom is -0.478 e. The molecule has 0 saturated carbocycles. The molecule has 86 valence electrons. The Balaban J connectivity index is 2.87. The van der Waals surface area contributed by atoms with Crippen LogP contribution < -0.4 is 10.6 Å². The third-order valence-corrected chi connectivity index (χ3v) is 2.15. The van der Waals surface area contributed by atoms with Gasteiger partial charge >= 0.3 is 5.97 Å². The van der Waals surface area contributed by atoms with Crippen LogP contribution in [0, 0.1) is 0 Å². The highest BCUT2D eigenvalue weighted by Gasteiger charge is 2.10. The zero-order chi connectivity index (χ0) is 12.1. The van der Waals surface area contributed by atoms with E-state index in [0.29, 0.717) is 5.69 Å². The summed E-state index contributed by atoms with van der Waals surface area (Å²) in [6, 6.07) is 4.29. The molecule has 0 fully saturated rings. The molecule has 16 heavy (non-hydrogen) atoms. The molecule has 0 radical (unpaired) electrons. The predicted molar refractivity (Wildman–Crippen MR) is 61.0 cm³/mol. The Labute approximate surface area is 97.4 Å². The second-order valence-corrected chi connectivity index (χ2v) is 3.49. The van der Waals surface area contributed by atoms with Crippen molar-refractivity contribution < 1.29 is 14.7 Å². The number of halogens is 1. The van der Waals surface area contributed by atoms with Gasteiger partial charge in [0, 0.05) is 5.69 Å². The zero-order valence-electron chi connectivity index (χ0n) is 8.58. The van der Waals surface area contributed by atoms with E-state index in [1.54, 1.807) is 13.1 Å². The number of hydrogen-bond donors (Lipinski definition) is 3. The van der Waals surface area contributed by atoms with Crippen LogP contribution in [0.1, 0.15) is 10.4 Å². The second-order valence-electron chi connectivity index (χ2n) is 3.08. The zero-order valence-corrected chi connectivity index (χ0v) is 9.34. The Hall–Kier alpha value is -1.59. The molecule has 0 atom stereocenters. The van der Waals surface area contributed by atoms with Gasteiger partial charge in [0.05, 0.1) is 17.1 Å². The summed E-state index contributed by atoms with van der Waals surface area (Å²) in [5.41, 5.74) is 0.367. The minimum atomic E-state index is -1.13. The van der Waals surface area contributed by atoms with Gasteiger partial charge in [-0.15, -0.1) is 0 Å². The van der Waals surface area contributed by atoms with Crippen LogP contribution in [0.5, 0.6) is 0 Å². The number of anilines is 1. The molecular weight excluding hydrogens is 232 g/mol. The predicted octanol–water partition coefficient (Wildman–Crippen LogP) is 1.20. The third-order valence-electron chi connectivity index (χ3n) is 1.82.